The number of ether oxygens (including phenoxy) is 2. The van der Waals surface area contributed by atoms with Gasteiger partial charge in [0.25, 0.3) is 0 Å². The molecule has 0 unspecified atom stereocenters. The van der Waals surface area contributed by atoms with E-state index in [9.17, 15) is 14.4 Å². The van der Waals surface area contributed by atoms with Crippen LogP contribution in [0.15, 0.2) is 0 Å². The van der Waals surface area contributed by atoms with Gasteiger partial charge in [-0.3, -0.25) is 14.4 Å². The Morgan fingerprint density at radius 2 is 1.86 bits per heavy atom. The quantitative estimate of drug-likeness (QED) is 0.465. The van der Waals surface area contributed by atoms with Gasteiger partial charge in [-0.1, -0.05) is 0 Å². The smallest absolute Gasteiger partial charge is 0.320 e. The number of ketones is 1. The van der Waals surface area contributed by atoms with Gasteiger partial charge in [-0.05, 0) is 0 Å². The molecule has 2 atom stereocenters. The fourth-order valence-corrected chi connectivity index (χ4v) is 2.44. The molecule has 0 radical (unpaired) electrons. The lowest BCUT2D eigenvalue weighted by molar-refractivity contribution is -0.153. The number of methoxy groups -OCH3 is 2. The summed E-state index contributed by atoms with van der Waals surface area (Å²) < 4.78 is 8.94. The second-order valence-corrected chi connectivity index (χ2v) is 3.85. The summed E-state index contributed by atoms with van der Waals surface area (Å²) in [5.74, 6) is -2.36. The first kappa shape index (κ1) is 11.0. The number of carbonyl (C=O) groups is 3. The lowest BCUT2D eigenvalue weighted by atomic mass is 10.0. The van der Waals surface area contributed by atoms with Gasteiger partial charge in [0.1, 0.15) is 11.2 Å². The summed E-state index contributed by atoms with van der Waals surface area (Å²) >= 11 is 1.11. The SMILES string of the molecule is COC(=O)[C@@H]1C(=O)CS[C@@H]1C(=O)OC. The minimum atomic E-state index is -1.00. The van der Waals surface area contributed by atoms with Crippen LogP contribution in [0.2, 0.25) is 0 Å². The van der Waals surface area contributed by atoms with Crippen molar-refractivity contribution in [2.24, 2.45) is 5.92 Å². The van der Waals surface area contributed by atoms with Crippen molar-refractivity contribution in [3.63, 3.8) is 0 Å². The van der Waals surface area contributed by atoms with Gasteiger partial charge in [-0.25, -0.2) is 0 Å². The predicted octanol–water partition coefficient (Wildman–Crippen LogP) is -0.367. The van der Waals surface area contributed by atoms with Gasteiger partial charge in [0.2, 0.25) is 0 Å². The molecule has 0 amide bonds. The molecule has 0 aliphatic carbocycles. The van der Waals surface area contributed by atoms with Crippen LogP contribution in [-0.2, 0) is 23.9 Å². The largest absolute Gasteiger partial charge is 0.468 e. The minimum absolute atomic E-state index is 0.152. The molecule has 1 aliphatic rings. The molecule has 0 aromatic rings. The summed E-state index contributed by atoms with van der Waals surface area (Å²) in [6.45, 7) is 0. The number of rotatable bonds is 2. The van der Waals surface area contributed by atoms with Crippen LogP contribution in [0.3, 0.4) is 0 Å². The Labute approximate surface area is 85.1 Å². The van der Waals surface area contributed by atoms with E-state index in [-0.39, 0.29) is 11.5 Å². The van der Waals surface area contributed by atoms with E-state index in [4.69, 9.17) is 0 Å². The number of hydrogen-bond acceptors (Lipinski definition) is 6. The maximum Gasteiger partial charge on any atom is 0.320 e. The molecule has 1 aliphatic heterocycles. The lowest BCUT2D eigenvalue weighted by Gasteiger charge is -2.12. The van der Waals surface area contributed by atoms with Crippen LogP contribution in [0.25, 0.3) is 0 Å². The average molecular weight is 218 g/mol. The molecule has 0 aromatic carbocycles. The van der Waals surface area contributed by atoms with E-state index in [0.29, 0.717) is 0 Å². The minimum Gasteiger partial charge on any atom is -0.468 e. The van der Waals surface area contributed by atoms with Crippen LogP contribution in [-0.4, -0.2) is 42.9 Å². The topological polar surface area (TPSA) is 69.7 Å². The molecule has 5 nitrogen and oxygen atoms in total. The van der Waals surface area contributed by atoms with Crippen LogP contribution < -0.4 is 0 Å². The summed E-state index contributed by atoms with van der Waals surface area (Å²) in [5, 5.41) is -0.750. The van der Waals surface area contributed by atoms with Gasteiger partial charge >= 0.3 is 11.9 Å². The molecule has 1 saturated heterocycles. The molecule has 0 saturated carbocycles. The Bertz CT molecular complexity index is 275. The van der Waals surface area contributed by atoms with Crippen molar-refractivity contribution in [1.82, 2.24) is 0 Å². The highest BCUT2D eigenvalue weighted by Crippen LogP contribution is 2.31. The summed E-state index contributed by atoms with van der Waals surface area (Å²) in [5.41, 5.74) is 0. The lowest BCUT2D eigenvalue weighted by Crippen LogP contribution is -2.34. The molecule has 78 valence electrons. The number of hydrogen-bond donors (Lipinski definition) is 0. The van der Waals surface area contributed by atoms with E-state index in [0.717, 1.165) is 11.8 Å². The summed E-state index contributed by atoms with van der Waals surface area (Å²) in [4.78, 5) is 33.7. The number of thioether (sulfide) groups is 1. The van der Waals surface area contributed by atoms with Crippen LogP contribution in [0.4, 0.5) is 0 Å². The van der Waals surface area contributed by atoms with E-state index in [1.807, 2.05) is 0 Å². The third kappa shape index (κ3) is 1.89. The fourth-order valence-electron chi connectivity index (χ4n) is 1.23. The van der Waals surface area contributed by atoms with Gasteiger partial charge < -0.3 is 9.47 Å². The molecule has 0 aromatic heterocycles. The maximum atomic E-state index is 11.3. The summed E-state index contributed by atoms with van der Waals surface area (Å²) in [7, 11) is 2.41. The van der Waals surface area contributed by atoms with Crippen molar-refractivity contribution in [2.75, 3.05) is 20.0 Å². The molecule has 1 heterocycles. The molecular weight excluding hydrogens is 208 g/mol. The van der Waals surface area contributed by atoms with E-state index < -0.39 is 23.1 Å². The zero-order valence-electron chi connectivity index (χ0n) is 7.81. The number of Topliss-reactive ketones (excluding diaryl/α,β-unsaturated/α-hetero) is 1. The molecule has 1 fully saturated rings. The van der Waals surface area contributed by atoms with Gasteiger partial charge in [0, 0.05) is 0 Å². The normalized spacial score (nSPS) is 26.0. The first-order chi connectivity index (χ1) is 6.61. The van der Waals surface area contributed by atoms with Crippen LogP contribution in [0.1, 0.15) is 0 Å². The van der Waals surface area contributed by atoms with E-state index in [1.165, 1.54) is 14.2 Å². The predicted molar refractivity (Wildman–Crippen MR) is 48.8 cm³/mol. The van der Waals surface area contributed by atoms with E-state index >= 15 is 0 Å². The fraction of sp³-hybridized carbons (Fsp3) is 0.625. The van der Waals surface area contributed by atoms with Crippen molar-refractivity contribution in [3.8, 4) is 0 Å². The molecule has 0 spiro atoms. The Kier molecular flexibility index (Phi) is 3.51. The zero-order chi connectivity index (χ0) is 10.7. The Morgan fingerprint density at radius 1 is 1.29 bits per heavy atom. The molecule has 14 heavy (non-hydrogen) atoms. The van der Waals surface area contributed by atoms with Crippen LogP contribution >= 0.6 is 11.8 Å². The number of carbonyl (C=O) groups excluding carboxylic acids is 3. The van der Waals surface area contributed by atoms with Crippen molar-refractivity contribution in [1.29, 1.82) is 0 Å². The Hall–Kier alpha value is -1.04. The Morgan fingerprint density at radius 3 is 2.36 bits per heavy atom. The molecule has 0 bridgehead atoms. The molecular formula is C8H10O5S. The van der Waals surface area contributed by atoms with Crippen LogP contribution in [0, 0.1) is 5.92 Å². The zero-order valence-corrected chi connectivity index (χ0v) is 8.63. The van der Waals surface area contributed by atoms with E-state index in [1.54, 1.807) is 0 Å². The average Bonchev–Trinajstić information content (AvgIpc) is 2.58. The van der Waals surface area contributed by atoms with Crippen molar-refractivity contribution in [2.45, 2.75) is 5.25 Å². The monoisotopic (exact) mass is 218 g/mol. The van der Waals surface area contributed by atoms with Crippen LogP contribution in [0.5, 0.6) is 0 Å². The highest BCUT2D eigenvalue weighted by Gasteiger charge is 2.46. The summed E-state index contributed by atoms with van der Waals surface area (Å²) in [6, 6.07) is 0. The molecule has 1 rings (SSSR count). The van der Waals surface area contributed by atoms with Gasteiger partial charge in [0.15, 0.2) is 5.78 Å². The standard InChI is InChI=1S/C8H10O5S/c1-12-7(10)5-4(9)3-14-6(5)8(11)13-2/h5-6H,3H2,1-2H3/t5-,6+/m1/s1. The first-order valence-corrected chi connectivity index (χ1v) is 4.96. The molecule has 6 heteroatoms. The first-order valence-electron chi connectivity index (χ1n) is 3.91. The van der Waals surface area contributed by atoms with Crippen molar-refractivity contribution in [3.05, 3.63) is 0 Å². The highest BCUT2D eigenvalue weighted by atomic mass is 32.2. The van der Waals surface area contributed by atoms with Crippen molar-refractivity contribution >= 4 is 29.5 Å². The summed E-state index contributed by atoms with van der Waals surface area (Å²) in [6.07, 6.45) is 0. The molecule has 0 N–H and O–H groups in total. The highest BCUT2D eigenvalue weighted by molar-refractivity contribution is 8.01. The third-order valence-electron chi connectivity index (χ3n) is 1.94. The van der Waals surface area contributed by atoms with Gasteiger partial charge in [0.05, 0.1) is 20.0 Å². The maximum absolute atomic E-state index is 11.3. The number of esters is 2. The van der Waals surface area contributed by atoms with E-state index in [2.05, 4.69) is 9.47 Å². The van der Waals surface area contributed by atoms with Crippen molar-refractivity contribution < 1.29 is 23.9 Å². The second-order valence-electron chi connectivity index (χ2n) is 2.72. The second kappa shape index (κ2) is 4.45. The third-order valence-corrected chi connectivity index (χ3v) is 3.22. The van der Waals surface area contributed by atoms with Gasteiger partial charge in [-0.2, -0.15) is 0 Å². The van der Waals surface area contributed by atoms with Gasteiger partial charge in [-0.15, -0.1) is 11.8 Å². The Balaban J connectivity index is 2.81.